The Kier molecular flexibility index (Phi) is 3.94. The largest absolute Gasteiger partial charge is 0.491 e. The molecule has 1 atom stereocenters. The van der Waals surface area contributed by atoms with E-state index in [0.717, 1.165) is 25.2 Å². The van der Waals surface area contributed by atoms with Crippen LogP contribution in [0.4, 0.5) is 15.8 Å². The maximum atomic E-state index is 13.6. The summed E-state index contributed by atoms with van der Waals surface area (Å²) in [7, 11) is 0. The van der Waals surface area contributed by atoms with Gasteiger partial charge in [0.15, 0.2) is 11.6 Å². The first kappa shape index (κ1) is 13.0. The highest BCUT2D eigenvalue weighted by Gasteiger charge is 2.20. The number of piperidine rings is 1. The van der Waals surface area contributed by atoms with Crippen LogP contribution in [0, 0.1) is 11.7 Å². The lowest BCUT2D eigenvalue weighted by atomic mass is 9.99. The molecule has 2 N–H and O–H groups in total. The number of anilines is 2. The van der Waals surface area contributed by atoms with Crippen molar-refractivity contribution in [2.75, 3.05) is 30.3 Å². The minimum Gasteiger partial charge on any atom is -0.491 e. The van der Waals surface area contributed by atoms with E-state index in [9.17, 15) is 4.39 Å². The Morgan fingerprint density at radius 1 is 1.50 bits per heavy atom. The summed E-state index contributed by atoms with van der Waals surface area (Å²) in [4.78, 5) is 2.23. The van der Waals surface area contributed by atoms with Gasteiger partial charge in [-0.15, -0.1) is 0 Å². The van der Waals surface area contributed by atoms with Crippen LogP contribution in [0.1, 0.15) is 26.7 Å². The number of nitrogen functional groups attached to an aromatic ring is 1. The molecule has 1 aromatic carbocycles. The van der Waals surface area contributed by atoms with E-state index in [1.807, 2.05) is 6.92 Å². The summed E-state index contributed by atoms with van der Waals surface area (Å²) < 4.78 is 18.9. The van der Waals surface area contributed by atoms with Gasteiger partial charge in [0.25, 0.3) is 0 Å². The average Bonchev–Trinajstić information content (AvgIpc) is 2.33. The number of rotatable bonds is 3. The quantitative estimate of drug-likeness (QED) is 0.840. The molecule has 1 heterocycles. The molecule has 0 radical (unpaired) electrons. The van der Waals surface area contributed by atoms with Gasteiger partial charge in [0.2, 0.25) is 0 Å². The number of hydrogen-bond donors (Lipinski definition) is 1. The molecule has 3 nitrogen and oxygen atoms in total. The Morgan fingerprint density at radius 3 is 2.94 bits per heavy atom. The first-order valence-electron chi connectivity index (χ1n) is 6.58. The number of nitrogens with zero attached hydrogens (tertiary/aromatic N) is 1. The molecule has 0 aliphatic carbocycles. The summed E-state index contributed by atoms with van der Waals surface area (Å²) >= 11 is 0. The molecule has 1 unspecified atom stereocenters. The van der Waals surface area contributed by atoms with E-state index >= 15 is 0 Å². The van der Waals surface area contributed by atoms with E-state index in [4.69, 9.17) is 10.5 Å². The van der Waals surface area contributed by atoms with Crippen molar-refractivity contribution in [2.24, 2.45) is 5.92 Å². The second-order valence-electron chi connectivity index (χ2n) is 4.97. The van der Waals surface area contributed by atoms with Crippen molar-refractivity contribution >= 4 is 11.4 Å². The van der Waals surface area contributed by atoms with Gasteiger partial charge in [0.1, 0.15) is 0 Å². The number of halogens is 1. The fraction of sp³-hybridized carbons (Fsp3) is 0.571. The van der Waals surface area contributed by atoms with Crippen molar-refractivity contribution < 1.29 is 9.13 Å². The molecular weight excluding hydrogens is 231 g/mol. The monoisotopic (exact) mass is 252 g/mol. The van der Waals surface area contributed by atoms with Gasteiger partial charge >= 0.3 is 0 Å². The summed E-state index contributed by atoms with van der Waals surface area (Å²) in [5.41, 5.74) is 7.31. The topological polar surface area (TPSA) is 38.5 Å². The van der Waals surface area contributed by atoms with E-state index < -0.39 is 0 Å². The molecule has 0 bridgehead atoms. The Bertz CT molecular complexity index is 423. The van der Waals surface area contributed by atoms with Gasteiger partial charge in [0.05, 0.1) is 18.0 Å². The molecule has 1 aromatic rings. The zero-order valence-corrected chi connectivity index (χ0v) is 11.1. The van der Waals surface area contributed by atoms with Crippen molar-refractivity contribution in [2.45, 2.75) is 26.7 Å². The summed E-state index contributed by atoms with van der Waals surface area (Å²) in [6.07, 6.45) is 2.40. The van der Waals surface area contributed by atoms with Gasteiger partial charge in [-0.2, -0.15) is 0 Å². The molecule has 18 heavy (non-hydrogen) atoms. The van der Waals surface area contributed by atoms with Crippen molar-refractivity contribution in [1.29, 1.82) is 0 Å². The molecular formula is C14H21FN2O. The molecule has 100 valence electrons. The zero-order chi connectivity index (χ0) is 13.1. The van der Waals surface area contributed by atoms with Crippen LogP contribution < -0.4 is 15.4 Å². The SMILES string of the molecule is CCOc1cc(N2CCCC(C)C2)c(N)cc1F. The summed E-state index contributed by atoms with van der Waals surface area (Å²) in [5, 5.41) is 0. The maximum Gasteiger partial charge on any atom is 0.167 e. The van der Waals surface area contributed by atoms with E-state index in [-0.39, 0.29) is 5.82 Å². The summed E-state index contributed by atoms with van der Waals surface area (Å²) in [6, 6.07) is 3.09. The van der Waals surface area contributed by atoms with E-state index in [1.165, 1.54) is 12.5 Å². The lowest BCUT2D eigenvalue weighted by Crippen LogP contribution is -2.34. The predicted molar refractivity (Wildman–Crippen MR) is 72.6 cm³/mol. The van der Waals surface area contributed by atoms with Gasteiger partial charge < -0.3 is 15.4 Å². The van der Waals surface area contributed by atoms with Crippen molar-refractivity contribution in [3.63, 3.8) is 0 Å². The molecule has 4 heteroatoms. The number of hydrogen-bond acceptors (Lipinski definition) is 3. The molecule has 0 spiro atoms. The zero-order valence-electron chi connectivity index (χ0n) is 11.1. The fourth-order valence-corrected chi connectivity index (χ4v) is 2.51. The molecule has 0 amide bonds. The van der Waals surface area contributed by atoms with Crippen LogP contribution in [0.2, 0.25) is 0 Å². The minimum absolute atomic E-state index is 0.292. The van der Waals surface area contributed by atoms with E-state index in [2.05, 4.69) is 11.8 Å². The first-order valence-corrected chi connectivity index (χ1v) is 6.58. The van der Waals surface area contributed by atoms with Crippen LogP contribution in [0.15, 0.2) is 12.1 Å². The van der Waals surface area contributed by atoms with Gasteiger partial charge in [0, 0.05) is 25.2 Å². The van der Waals surface area contributed by atoms with Gasteiger partial charge in [-0.1, -0.05) is 6.92 Å². The van der Waals surface area contributed by atoms with Gasteiger partial charge in [-0.3, -0.25) is 0 Å². The fourth-order valence-electron chi connectivity index (χ4n) is 2.51. The van der Waals surface area contributed by atoms with E-state index in [1.54, 1.807) is 6.07 Å². The van der Waals surface area contributed by atoms with Crippen LogP contribution in [0.25, 0.3) is 0 Å². The third kappa shape index (κ3) is 2.68. The molecule has 0 saturated carbocycles. The smallest absolute Gasteiger partial charge is 0.167 e. The lowest BCUT2D eigenvalue weighted by molar-refractivity contribution is 0.321. The first-order chi connectivity index (χ1) is 8.61. The molecule has 2 rings (SSSR count). The molecule has 1 saturated heterocycles. The predicted octanol–water partition coefficient (Wildman–Crippen LogP) is 3.04. The van der Waals surface area contributed by atoms with Gasteiger partial charge in [-0.25, -0.2) is 4.39 Å². The molecule has 0 aromatic heterocycles. The van der Waals surface area contributed by atoms with Crippen molar-refractivity contribution in [3.05, 3.63) is 17.9 Å². The molecule has 1 fully saturated rings. The summed E-state index contributed by atoms with van der Waals surface area (Å²) in [5.74, 6) is 0.557. The van der Waals surface area contributed by atoms with Crippen molar-refractivity contribution in [3.8, 4) is 5.75 Å². The van der Waals surface area contributed by atoms with Gasteiger partial charge in [-0.05, 0) is 25.7 Å². The number of ether oxygens (including phenoxy) is 1. The molecule has 1 aliphatic heterocycles. The lowest BCUT2D eigenvalue weighted by Gasteiger charge is -2.33. The highest BCUT2D eigenvalue weighted by Crippen LogP contribution is 2.33. The summed E-state index contributed by atoms with van der Waals surface area (Å²) in [6.45, 7) is 6.48. The molecule has 1 aliphatic rings. The highest BCUT2D eigenvalue weighted by atomic mass is 19.1. The van der Waals surface area contributed by atoms with Crippen LogP contribution in [0.5, 0.6) is 5.75 Å². The average molecular weight is 252 g/mol. The van der Waals surface area contributed by atoms with Crippen LogP contribution in [-0.2, 0) is 0 Å². The third-order valence-electron chi connectivity index (χ3n) is 3.38. The normalized spacial score (nSPS) is 19.9. The third-order valence-corrected chi connectivity index (χ3v) is 3.38. The number of benzene rings is 1. The second kappa shape index (κ2) is 5.46. The van der Waals surface area contributed by atoms with Crippen molar-refractivity contribution in [1.82, 2.24) is 0 Å². The Balaban J connectivity index is 2.28. The second-order valence-corrected chi connectivity index (χ2v) is 4.97. The van der Waals surface area contributed by atoms with Crippen LogP contribution in [0.3, 0.4) is 0 Å². The number of nitrogens with two attached hydrogens (primary N) is 1. The van der Waals surface area contributed by atoms with Crippen LogP contribution >= 0.6 is 0 Å². The minimum atomic E-state index is -0.386. The standard InChI is InChI=1S/C14H21FN2O/c1-3-18-14-8-13(12(16)7-11(14)15)17-6-4-5-10(2)9-17/h7-8,10H,3-6,9,16H2,1-2H3. The van der Waals surface area contributed by atoms with E-state index in [0.29, 0.717) is 24.0 Å². The Morgan fingerprint density at radius 2 is 2.28 bits per heavy atom. The maximum absolute atomic E-state index is 13.6. The Labute approximate surface area is 108 Å². The Hall–Kier alpha value is -1.45. The highest BCUT2D eigenvalue weighted by molar-refractivity contribution is 5.70. The van der Waals surface area contributed by atoms with Crippen LogP contribution in [-0.4, -0.2) is 19.7 Å².